The molecule has 0 unspecified atom stereocenters. The molecule has 0 amide bonds. The molecule has 6 heteroatoms. The highest BCUT2D eigenvalue weighted by molar-refractivity contribution is 7.21. The third-order valence-electron chi connectivity index (χ3n) is 4.23. The van der Waals surface area contributed by atoms with Crippen LogP contribution in [-0.4, -0.2) is 19.5 Å². The number of hydrogen-bond donors (Lipinski definition) is 1. The Morgan fingerprint density at radius 3 is 2.72 bits per heavy atom. The lowest BCUT2D eigenvalue weighted by molar-refractivity contribution is 0.636. The molecule has 0 saturated heterocycles. The number of hydrogen-bond acceptors (Lipinski definition) is 5. The number of thiophene rings is 1. The lowest BCUT2D eigenvalue weighted by atomic mass is 10.1. The fraction of sp³-hybridized carbons (Fsp3) is 0.211. The molecule has 0 aliphatic heterocycles. The summed E-state index contributed by atoms with van der Waals surface area (Å²) in [4.78, 5) is 15.2. The maximum atomic E-state index is 6.02. The van der Waals surface area contributed by atoms with Crippen LogP contribution in [0.4, 0.5) is 5.82 Å². The Kier molecular flexibility index (Phi) is 4.19. The molecule has 5 nitrogen and oxygen atoms in total. The van der Waals surface area contributed by atoms with E-state index >= 15 is 0 Å². The maximum absolute atomic E-state index is 6.02. The Morgan fingerprint density at radius 2 is 1.96 bits per heavy atom. The summed E-state index contributed by atoms with van der Waals surface area (Å²) in [6.07, 6.45) is 5.71. The second-order valence-electron chi connectivity index (χ2n) is 5.94. The molecule has 0 spiro atoms. The Labute approximate surface area is 150 Å². The van der Waals surface area contributed by atoms with Gasteiger partial charge in [0.25, 0.3) is 0 Å². The summed E-state index contributed by atoms with van der Waals surface area (Å²) in [6, 6.07) is 12.4. The molecule has 126 valence electrons. The Morgan fingerprint density at radius 1 is 1.12 bits per heavy atom. The second-order valence-corrected chi connectivity index (χ2v) is 6.97. The SMILES string of the molecule is CCCCn1cnc(-c2ccccc2)c1-c1cc2c(N)ncnc2s1. The third kappa shape index (κ3) is 2.89. The average molecular weight is 349 g/mol. The van der Waals surface area contributed by atoms with Crippen molar-refractivity contribution in [2.45, 2.75) is 26.3 Å². The zero-order valence-corrected chi connectivity index (χ0v) is 14.8. The monoisotopic (exact) mass is 349 g/mol. The van der Waals surface area contributed by atoms with Crippen LogP contribution in [-0.2, 0) is 6.54 Å². The Hall–Kier alpha value is -2.73. The molecule has 0 fully saturated rings. The summed E-state index contributed by atoms with van der Waals surface area (Å²) in [6.45, 7) is 3.14. The summed E-state index contributed by atoms with van der Waals surface area (Å²) < 4.78 is 2.24. The van der Waals surface area contributed by atoms with E-state index in [-0.39, 0.29) is 0 Å². The van der Waals surface area contributed by atoms with Crippen LogP contribution in [0.2, 0.25) is 0 Å². The first kappa shape index (κ1) is 15.8. The molecular formula is C19H19N5S. The number of nitrogens with two attached hydrogens (primary N) is 1. The minimum atomic E-state index is 0.522. The molecule has 0 radical (unpaired) electrons. The van der Waals surface area contributed by atoms with Gasteiger partial charge in [-0.2, -0.15) is 0 Å². The van der Waals surface area contributed by atoms with E-state index in [1.807, 2.05) is 24.5 Å². The topological polar surface area (TPSA) is 69.6 Å². The number of rotatable bonds is 5. The van der Waals surface area contributed by atoms with Gasteiger partial charge in [-0.3, -0.25) is 0 Å². The predicted molar refractivity (Wildman–Crippen MR) is 103 cm³/mol. The van der Waals surface area contributed by atoms with E-state index in [1.54, 1.807) is 11.3 Å². The summed E-state index contributed by atoms with van der Waals surface area (Å²) in [5.41, 5.74) is 9.26. The van der Waals surface area contributed by atoms with Crippen LogP contribution < -0.4 is 5.73 Å². The molecule has 0 aliphatic rings. The highest BCUT2D eigenvalue weighted by Gasteiger charge is 2.18. The standard InChI is InChI=1S/C19H19N5S/c1-2-3-9-24-12-23-16(13-7-5-4-6-8-13)17(24)15-10-14-18(20)21-11-22-19(14)25-15/h4-8,10-12H,2-3,9H2,1H3,(H2,20,21,22). The van der Waals surface area contributed by atoms with Crippen molar-refractivity contribution in [3.05, 3.63) is 49.1 Å². The van der Waals surface area contributed by atoms with Gasteiger partial charge in [0.05, 0.1) is 28.0 Å². The Bertz CT molecular complexity index is 1000. The molecule has 0 aliphatic carbocycles. The number of unbranched alkanes of at least 4 members (excludes halogenated alkanes) is 1. The van der Waals surface area contributed by atoms with Gasteiger partial charge in [0, 0.05) is 12.1 Å². The van der Waals surface area contributed by atoms with Crippen LogP contribution in [0.15, 0.2) is 49.1 Å². The van der Waals surface area contributed by atoms with Crippen molar-refractivity contribution >= 4 is 27.4 Å². The molecular weight excluding hydrogens is 330 g/mol. The minimum Gasteiger partial charge on any atom is -0.383 e. The number of aryl methyl sites for hydroxylation is 1. The van der Waals surface area contributed by atoms with Crippen LogP contribution in [0.1, 0.15) is 19.8 Å². The Balaban J connectivity index is 1.90. The summed E-state index contributed by atoms with van der Waals surface area (Å²) in [5.74, 6) is 0.522. The molecule has 3 heterocycles. The lowest BCUT2D eigenvalue weighted by Crippen LogP contribution is -1.98. The van der Waals surface area contributed by atoms with Gasteiger partial charge in [-0.1, -0.05) is 43.7 Å². The zero-order chi connectivity index (χ0) is 17.2. The van der Waals surface area contributed by atoms with Crippen molar-refractivity contribution in [1.82, 2.24) is 19.5 Å². The first-order valence-corrected chi connectivity index (χ1v) is 9.20. The van der Waals surface area contributed by atoms with E-state index in [2.05, 4.69) is 39.7 Å². The first-order valence-electron chi connectivity index (χ1n) is 8.39. The molecule has 0 bridgehead atoms. The number of fused-ring (bicyclic) bond motifs is 1. The summed E-state index contributed by atoms with van der Waals surface area (Å²) in [5, 5.41) is 0.907. The minimum absolute atomic E-state index is 0.522. The van der Waals surface area contributed by atoms with Crippen molar-refractivity contribution in [3.63, 3.8) is 0 Å². The van der Waals surface area contributed by atoms with Crippen molar-refractivity contribution in [1.29, 1.82) is 0 Å². The van der Waals surface area contributed by atoms with E-state index in [9.17, 15) is 0 Å². The van der Waals surface area contributed by atoms with Gasteiger partial charge < -0.3 is 10.3 Å². The van der Waals surface area contributed by atoms with Gasteiger partial charge in [0.1, 0.15) is 17.0 Å². The summed E-state index contributed by atoms with van der Waals surface area (Å²) >= 11 is 1.63. The molecule has 1 aromatic carbocycles. The molecule has 0 atom stereocenters. The van der Waals surface area contributed by atoms with Crippen molar-refractivity contribution in [2.75, 3.05) is 5.73 Å². The third-order valence-corrected chi connectivity index (χ3v) is 5.28. The lowest BCUT2D eigenvalue weighted by Gasteiger charge is -2.08. The largest absolute Gasteiger partial charge is 0.383 e. The molecule has 2 N–H and O–H groups in total. The number of nitrogen functional groups attached to an aromatic ring is 1. The highest BCUT2D eigenvalue weighted by atomic mass is 32.1. The van der Waals surface area contributed by atoms with Crippen molar-refractivity contribution in [2.24, 2.45) is 0 Å². The van der Waals surface area contributed by atoms with E-state index in [1.165, 1.54) is 6.33 Å². The van der Waals surface area contributed by atoms with Gasteiger partial charge in [-0.05, 0) is 12.5 Å². The number of aromatic nitrogens is 4. The molecule has 0 saturated carbocycles. The van der Waals surface area contributed by atoms with Crippen LogP contribution in [0.5, 0.6) is 0 Å². The van der Waals surface area contributed by atoms with E-state index < -0.39 is 0 Å². The smallest absolute Gasteiger partial charge is 0.135 e. The van der Waals surface area contributed by atoms with Gasteiger partial charge in [0.2, 0.25) is 0 Å². The molecule has 4 rings (SSSR count). The van der Waals surface area contributed by atoms with Crippen LogP contribution >= 0.6 is 11.3 Å². The normalized spacial score (nSPS) is 11.2. The quantitative estimate of drug-likeness (QED) is 0.571. The van der Waals surface area contributed by atoms with Gasteiger partial charge in [-0.15, -0.1) is 11.3 Å². The average Bonchev–Trinajstić information content (AvgIpc) is 3.25. The maximum Gasteiger partial charge on any atom is 0.135 e. The fourth-order valence-electron chi connectivity index (χ4n) is 2.94. The van der Waals surface area contributed by atoms with E-state index in [4.69, 9.17) is 10.7 Å². The van der Waals surface area contributed by atoms with Crippen LogP contribution in [0, 0.1) is 0 Å². The number of benzene rings is 1. The van der Waals surface area contributed by atoms with E-state index in [0.29, 0.717) is 5.82 Å². The predicted octanol–water partition coefficient (Wildman–Crippen LogP) is 4.60. The molecule has 4 aromatic rings. The number of anilines is 1. The highest BCUT2D eigenvalue weighted by Crippen LogP contribution is 2.39. The fourth-order valence-corrected chi connectivity index (χ4v) is 4.01. The first-order chi connectivity index (χ1) is 12.3. The number of imidazole rings is 1. The zero-order valence-electron chi connectivity index (χ0n) is 14.0. The van der Waals surface area contributed by atoms with E-state index in [0.717, 1.165) is 51.4 Å². The summed E-state index contributed by atoms with van der Waals surface area (Å²) in [7, 11) is 0. The van der Waals surface area contributed by atoms with Crippen LogP contribution in [0.25, 0.3) is 32.0 Å². The van der Waals surface area contributed by atoms with Gasteiger partial charge in [-0.25, -0.2) is 15.0 Å². The second kappa shape index (κ2) is 6.64. The van der Waals surface area contributed by atoms with Gasteiger partial charge in [0.15, 0.2) is 0 Å². The van der Waals surface area contributed by atoms with Crippen LogP contribution in [0.3, 0.4) is 0 Å². The van der Waals surface area contributed by atoms with Crippen molar-refractivity contribution in [3.8, 4) is 21.8 Å². The van der Waals surface area contributed by atoms with Gasteiger partial charge >= 0.3 is 0 Å². The van der Waals surface area contributed by atoms with Crippen molar-refractivity contribution < 1.29 is 0 Å². The molecule has 3 aromatic heterocycles. The number of nitrogens with zero attached hydrogens (tertiary/aromatic N) is 4. The molecule has 25 heavy (non-hydrogen) atoms.